The Hall–Kier alpha value is -2.85. The number of rotatable bonds is 5. The number of amides is 1. The van der Waals surface area contributed by atoms with Gasteiger partial charge in [-0.25, -0.2) is 4.79 Å². The van der Waals surface area contributed by atoms with E-state index in [0.29, 0.717) is 11.3 Å². The van der Waals surface area contributed by atoms with Crippen LogP contribution < -0.4 is 10.1 Å². The lowest BCUT2D eigenvalue weighted by atomic mass is 10.2. The molecule has 1 heterocycles. The Labute approximate surface area is 124 Å². The number of nitrogens with one attached hydrogen (secondary N) is 1. The number of anilines is 1. The standard InChI is InChI=1S/C14H10N2O4S/c15-7-9-1-3-10(4-2-9)20-8-12(17)16-11-5-6-21-13(11)14(18)19/h1-6H,8H2,(H,16,17)(H,18,19). The van der Waals surface area contributed by atoms with E-state index in [1.165, 1.54) is 6.07 Å². The third-order valence-corrected chi connectivity index (χ3v) is 3.39. The Morgan fingerprint density at radius 3 is 2.62 bits per heavy atom. The smallest absolute Gasteiger partial charge is 0.348 e. The average molecular weight is 302 g/mol. The van der Waals surface area contributed by atoms with E-state index < -0.39 is 11.9 Å². The quantitative estimate of drug-likeness (QED) is 0.883. The van der Waals surface area contributed by atoms with Crippen molar-refractivity contribution in [3.8, 4) is 11.8 Å². The Kier molecular flexibility index (Phi) is 4.53. The summed E-state index contributed by atoms with van der Waals surface area (Å²) in [7, 11) is 0. The van der Waals surface area contributed by atoms with E-state index in [1.54, 1.807) is 29.6 Å². The molecule has 2 rings (SSSR count). The van der Waals surface area contributed by atoms with Crippen LogP contribution in [-0.4, -0.2) is 23.6 Å². The van der Waals surface area contributed by atoms with Gasteiger partial charge in [0, 0.05) is 0 Å². The highest BCUT2D eigenvalue weighted by Crippen LogP contribution is 2.22. The summed E-state index contributed by atoms with van der Waals surface area (Å²) >= 11 is 1.03. The summed E-state index contributed by atoms with van der Waals surface area (Å²) in [6.45, 7) is -0.249. The fourth-order valence-corrected chi connectivity index (χ4v) is 2.22. The Balaban J connectivity index is 1.91. The zero-order valence-corrected chi connectivity index (χ0v) is 11.5. The largest absolute Gasteiger partial charge is 0.484 e. The Morgan fingerprint density at radius 1 is 1.29 bits per heavy atom. The van der Waals surface area contributed by atoms with Gasteiger partial charge in [0.15, 0.2) is 6.61 Å². The van der Waals surface area contributed by atoms with Crippen molar-refractivity contribution in [2.24, 2.45) is 0 Å². The zero-order valence-electron chi connectivity index (χ0n) is 10.7. The molecule has 106 valence electrons. The van der Waals surface area contributed by atoms with Crippen LogP contribution in [0.25, 0.3) is 0 Å². The molecule has 7 heteroatoms. The molecule has 1 aromatic heterocycles. The molecule has 0 unspecified atom stereocenters. The van der Waals surface area contributed by atoms with Crippen molar-refractivity contribution in [3.63, 3.8) is 0 Å². The van der Waals surface area contributed by atoms with Crippen LogP contribution in [0.5, 0.6) is 5.75 Å². The lowest BCUT2D eigenvalue weighted by Gasteiger charge is -2.07. The van der Waals surface area contributed by atoms with Crippen LogP contribution in [0.3, 0.4) is 0 Å². The maximum atomic E-state index is 11.7. The molecule has 0 saturated carbocycles. The summed E-state index contributed by atoms with van der Waals surface area (Å²) in [4.78, 5) is 22.7. The predicted octanol–water partition coefficient (Wildman–Crippen LogP) is 2.34. The first-order valence-electron chi connectivity index (χ1n) is 5.84. The van der Waals surface area contributed by atoms with E-state index in [2.05, 4.69) is 5.32 Å². The van der Waals surface area contributed by atoms with Crippen LogP contribution in [0.2, 0.25) is 0 Å². The van der Waals surface area contributed by atoms with Gasteiger partial charge < -0.3 is 15.2 Å². The number of carboxylic acid groups (broad SMARTS) is 1. The van der Waals surface area contributed by atoms with Crippen LogP contribution in [0.4, 0.5) is 5.69 Å². The van der Waals surface area contributed by atoms with Crippen molar-refractivity contribution in [2.45, 2.75) is 0 Å². The molecule has 6 nitrogen and oxygen atoms in total. The first-order valence-corrected chi connectivity index (χ1v) is 6.71. The van der Waals surface area contributed by atoms with Crippen LogP contribution in [0.1, 0.15) is 15.2 Å². The zero-order chi connectivity index (χ0) is 15.2. The minimum atomic E-state index is -1.09. The van der Waals surface area contributed by atoms with Gasteiger partial charge in [-0.15, -0.1) is 11.3 Å². The van der Waals surface area contributed by atoms with Crippen LogP contribution >= 0.6 is 11.3 Å². The molecular formula is C14H10N2O4S. The summed E-state index contributed by atoms with van der Waals surface area (Å²) in [6, 6.07) is 9.82. The van der Waals surface area contributed by atoms with E-state index >= 15 is 0 Å². The summed E-state index contributed by atoms with van der Waals surface area (Å²) < 4.78 is 5.25. The first-order chi connectivity index (χ1) is 10.1. The number of nitrogens with zero attached hydrogens (tertiary/aromatic N) is 1. The summed E-state index contributed by atoms with van der Waals surface area (Å²) in [6.07, 6.45) is 0. The monoisotopic (exact) mass is 302 g/mol. The summed E-state index contributed by atoms with van der Waals surface area (Å²) in [5.74, 6) is -1.10. The van der Waals surface area contributed by atoms with E-state index in [-0.39, 0.29) is 17.2 Å². The second-order valence-electron chi connectivity index (χ2n) is 3.94. The molecule has 0 aliphatic carbocycles. The molecule has 0 spiro atoms. The third-order valence-electron chi connectivity index (χ3n) is 2.49. The van der Waals surface area contributed by atoms with Gasteiger partial charge in [0.25, 0.3) is 5.91 Å². The van der Waals surface area contributed by atoms with Crippen molar-refractivity contribution in [1.29, 1.82) is 5.26 Å². The maximum absolute atomic E-state index is 11.7. The molecule has 2 aromatic rings. The minimum Gasteiger partial charge on any atom is -0.484 e. The molecule has 2 N–H and O–H groups in total. The lowest BCUT2D eigenvalue weighted by molar-refractivity contribution is -0.118. The third kappa shape index (κ3) is 3.81. The molecular weight excluding hydrogens is 292 g/mol. The number of aromatic carboxylic acids is 1. The summed E-state index contributed by atoms with van der Waals surface area (Å²) in [5, 5.41) is 21.6. The molecule has 0 radical (unpaired) electrons. The van der Waals surface area contributed by atoms with E-state index in [9.17, 15) is 9.59 Å². The van der Waals surface area contributed by atoms with Crippen LogP contribution in [0.15, 0.2) is 35.7 Å². The number of thiophene rings is 1. The summed E-state index contributed by atoms with van der Waals surface area (Å²) in [5.41, 5.74) is 0.747. The number of hydrogen-bond acceptors (Lipinski definition) is 5. The predicted molar refractivity (Wildman–Crippen MR) is 76.6 cm³/mol. The fraction of sp³-hybridized carbons (Fsp3) is 0.0714. The van der Waals surface area contributed by atoms with Gasteiger partial charge in [-0.05, 0) is 35.7 Å². The van der Waals surface area contributed by atoms with Gasteiger partial charge >= 0.3 is 5.97 Å². The number of carbonyl (C=O) groups excluding carboxylic acids is 1. The van der Waals surface area contributed by atoms with Crippen molar-refractivity contribution in [2.75, 3.05) is 11.9 Å². The molecule has 0 aliphatic rings. The number of nitriles is 1. The molecule has 1 aromatic carbocycles. The second kappa shape index (κ2) is 6.54. The number of ether oxygens (including phenoxy) is 1. The van der Waals surface area contributed by atoms with Crippen LogP contribution in [-0.2, 0) is 4.79 Å². The molecule has 0 fully saturated rings. The molecule has 0 bridgehead atoms. The van der Waals surface area contributed by atoms with Gasteiger partial charge in [0.1, 0.15) is 10.6 Å². The average Bonchev–Trinajstić information content (AvgIpc) is 2.94. The molecule has 0 atom stereocenters. The topological polar surface area (TPSA) is 99.4 Å². The first kappa shape index (κ1) is 14.6. The second-order valence-corrected chi connectivity index (χ2v) is 4.86. The van der Waals surface area contributed by atoms with Gasteiger partial charge in [-0.3, -0.25) is 4.79 Å². The van der Waals surface area contributed by atoms with Crippen molar-refractivity contribution in [3.05, 3.63) is 46.2 Å². The van der Waals surface area contributed by atoms with Crippen LogP contribution in [0, 0.1) is 11.3 Å². The van der Waals surface area contributed by atoms with Crippen molar-refractivity contribution in [1.82, 2.24) is 0 Å². The highest BCUT2D eigenvalue weighted by Gasteiger charge is 2.14. The molecule has 21 heavy (non-hydrogen) atoms. The van der Waals surface area contributed by atoms with Gasteiger partial charge in [-0.1, -0.05) is 0 Å². The Morgan fingerprint density at radius 2 is 2.00 bits per heavy atom. The van der Waals surface area contributed by atoms with E-state index in [0.717, 1.165) is 11.3 Å². The van der Waals surface area contributed by atoms with Gasteiger partial charge in [0.05, 0.1) is 17.3 Å². The number of hydrogen-bond donors (Lipinski definition) is 2. The number of benzene rings is 1. The highest BCUT2D eigenvalue weighted by atomic mass is 32.1. The SMILES string of the molecule is N#Cc1ccc(OCC(=O)Nc2ccsc2C(=O)O)cc1. The normalized spacial score (nSPS) is 9.67. The minimum absolute atomic E-state index is 0.0710. The fourth-order valence-electron chi connectivity index (χ4n) is 1.53. The van der Waals surface area contributed by atoms with Crippen molar-refractivity contribution >= 4 is 28.9 Å². The Bertz CT molecular complexity index is 701. The molecule has 0 saturated heterocycles. The van der Waals surface area contributed by atoms with Gasteiger partial charge in [0.2, 0.25) is 0 Å². The number of carbonyl (C=O) groups is 2. The van der Waals surface area contributed by atoms with Gasteiger partial charge in [-0.2, -0.15) is 5.26 Å². The lowest BCUT2D eigenvalue weighted by Crippen LogP contribution is -2.20. The van der Waals surface area contributed by atoms with E-state index in [4.69, 9.17) is 15.1 Å². The molecule has 0 aliphatic heterocycles. The highest BCUT2D eigenvalue weighted by molar-refractivity contribution is 7.12. The molecule has 1 amide bonds. The number of carboxylic acids is 1. The van der Waals surface area contributed by atoms with E-state index in [1.807, 2.05) is 6.07 Å². The maximum Gasteiger partial charge on any atom is 0.348 e. The van der Waals surface area contributed by atoms with Crippen molar-refractivity contribution < 1.29 is 19.4 Å².